The minimum Gasteiger partial charge on any atom is -0.335 e. The number of H-pyrrole nitrogens is 1. The quantitative estimate of drug-likeness (QED) is 0.697. The minimum atomic E-state index is -0.216. The molecule has 3 aromatic heterocycles. The second kappa shape index (κ2) is 3.28. The van der Waals surface area contributed by atoms with Crippen molar-refractivity contribution in [1.29, 1.82) is 0 Å². The molecule has 0 amide bonds. The molecule has 3 aromatic rings. The summed E-state index contributed by atoms with van der Waals surface area (Å²) < 4.78 is 5.06. The molecule has 0 bridgehead atoms. The van der Waals surface area contributed by atoms with Crippen LogP contribution in [-0.4, -0.2) is 15.1 Å². The van der Waals surface area contributed by atoms with Gasteiger partial charge in [-0.1, -0.05) is 11.2 Å². The summed E-state index contributed by atoms with van der Waals surface area (Å²) in [7, 11) is 0. The fourth-order valence-corrected chi connectivity index (χ4v) is 2.26. The first-order valence-electron chi connectivity index (χ1n) is 4.66. The molecule has 3 rings (SSSR count). The normalized spacial score (nSPS) is 11.1. The third kappa shape index (κ3) is 1.27. The van der Waals surface area contributed by atoms with Gasteiger partial charge in [-0.25, -0.2) is 0 Å². The first-order chi connectivity index (χ1) is 7.75. The lowest BCUT2D eigenvalue weighted by molar-refractivity contribution is 0.451. The molecule has 0 aromatic carbocycles. The number of aromatic nitrogens is 3. The lowest BCUT2D eigenvalue weighted by Crippen LogP contribution is -2.08. The van der Waals surface area contributed by atoms with Crippen LogP contribution < -0.4 is 5.56 Å². The van der Waals surface area contributed by atoms with E-state index >= 15 is 0 Å². The molecule has 80 valence electrons. The van der Waals surface area contributed by atoms with Gasteiger partial charge < -0.3 is 9.51 Å². The number of nitrogens with one attached hydrogen (secondary N) is 1. The lowest BCUT2D eigenvalue weighted by atomic mass is 10.2. The SMILES string of the molecule is Cc1nc2onc(-c3cccs3)c2c(=O)[nH]1. The van der Waals surface area contributed by atoms with E-state index in [-0.39, 0.29) is 11.3 Å². The topological polar surface area (TPSA) is 71.8 Å². The number of aromatic amines is 1. The van der Waals surface area contributed by atoms with Gasteiger partial charge in [0.25, 0.3) is 11.3 Å². The van der Waals surface area contributed by atoms with E-state index < -0.39 is 0 Å². The van der Waals surface area contributed by atoms with E-state index in [9.17, 15) is 4.79 Å². The number of rotatable bonds is 1. The molecular weight excluding hydrogens is 226 g/mol. The summed E-state index contributed by atoms with van der Waals surface area (Å²) >= 11 is 1.51. The minimum absolute atomic E-state index is 0.216. The van der Waals surface area contributed by atoms with Gasteiger partial charge in [0.05, 0.1) is 4.88 Å². The number of thiophene rings is 1. The third-order valence-electron chi connectivity index (χ3n) is 2.22. The number of nitrogens with zero attached hydrogens (tertiary/aromatic N) is 2. The Kier molecular flexibility index (Phi) is 1.90. The van der Waals surface area contributed by atoms with Gasteiger partial charge in [0, 0.05) is 0 Å². The molecule has 0 saturated heterocycles. The summed E-state index contributed by atoms with van der Waals surface area (Å²) in [5.74, 6) is 0.520. The van der Waals surface area contributed by atoms with E-state index in [1.165, 1.54) is 11.3 Å². The van der Waals surface area contributed by atoms with Gasteiger partial charge in [-0.2, -0.15) is 4.98 Å². The van der Waals surface area contributed by atoms with Crippen molar-refractivity contribution in [2.24, 2.45) is 0 Å². The van der Waals surface area contributed by atoms with Crippen molar-refractivity contribution < 1.29 is 4.52 Å². The summed E-state index contributed by atoms with van der Waals surface area (Å²) in [6.07, 6.45) is 0. The number of hydrogen-bond donors (Lipinski definition) is 1. The first-order valence-corrected chi connectivity index (χ1v) is 5.54. The fraction of sp³-hybridized carbons (Fsp3) is 0.100. The Labute approximate surface area is 93.7 Å². The van der Waals surface area contributed by atoms with Crippen LogP contribution in [0.15, 0.2) is 26.8 Å². The highest BCUT2D eigenvalue weighted by Crippen LogP contribution is 2.27. The average Bonchev–Trinajstić information content (AvgIpc) is 2.82. The molecule has 0 saturated carbocycles. The predicted octanol–water partition coefficient (Wildman–Crippen LogP) is 1.95. The molecule has 0 radical (unpaired) electrons. The summed E-state index contributed by atoms with van der Waals surface area (Å²) in [5.41, 5.74) is 0.621. The summed E-state index contributed by atoms with van der Waals surface area (Å²) in [4.78, 5) is 19.4. The molecular formula is C10H7N3O2S. The van der Waals surface area contributed by atoms with E-state index in [2.05, 4.69) is 15.1 Å². The standard InChI is InChI=1S/C10H7N3O2S/c1-5-11-9(14)7-8(6-3-2-4-16-6)13-15-10(7)12-5/h2-4H,1H3,(H,11,12,14). The van der Waals surface area contributed by atoms with Crippen molar-refractivity contribution >= 4 is 22.4 Å². The average molecular weight is 233 g/mol. The lowest BCUT2D eigenvalue weighted by Gasteiger charge is -1.91. The van der Waals surface area contributed by atoms with E-state index in [0.717, 1.165) is 4.88 Å². The predicted molar refractivity (Wildman–Crippen MR) is 60.5 cm³/mol. The monoisotopic (exact) mass is 233 g/mol. The molecule has 3 heterocycles. The molecule has 0 unspecified atom stereocenters. The highest BCUT2D eigenvalue weighted by molar-refractivity contribution is 7.13. The molecule has 0 aliphatic heterocycles. The van der Waals surface area contributed by atoms with E-state index in [0.29, 0.717) is 16.9 Å². The van der Waals surface area contributed by atoms with Gasteiger partial charge in [-0.15, -0.1) is 11.3 Å². The van der Waals surface area contributed by atoms with Crippen LogP contribution in [0.25, 0.3) is 21.7 Å². The van der Waals surface area contributed by atoms with Gasteiger partial charge in [0.2, 0.25) is 0 Å². The van der Waals surface area contributed by atoms with Crippen LogP contribution in [0.3, 0.4) is 0 Å². The zero-order valence-corrected chi connectivity index (χ0v) is 9.17. The van der Waals surface area contributed by atoms with Crippen LogP contribution in [0.4, 0.5) is 0 Å². The highest BCUT2D eigenvalue weighted by Gasteiger charge is 2.16. The van der Waals surface area contributed by atoms with E-state index in [4.69, 9.17) is 4.52 Å². The Balaban J connectivity index is 2.41. The molecule has 16 heavy (non-hydrogen) atoms. The van der Waals surface area contributed by atoms with Gasteiger partial charge in [0.15, 0.2) is 0 Å². The molecule has 0 fully saturated rings. The first kappa shape index (κ1) is 9.29. The third-order valence-corrected chi connectivity index (χ3v) is 3.10. The second-order valence-electron chi connectivity index (χ2n) is 3.34. The largest absolute Gasteiger partial charge is 0.335 e. The van der Waals surface area contributed by atoms with Crippen molar-refractivity contribution in [3.8, 4) is 10.6 Å². The van der Waals surface area contributed by atoms with Gasteiger partial charge in [-0.05, 0) is 18.4 Å². The number of hydrogen-bond acceptors (Lipinski definition) is 5. The molecule has 0 atom stereocenters. The van der Waals surface area contributed by atoms with E-state index in [1.54, 1.807) is 6.92 Å². The zero-order valence-electron chi connectivity index (χ0n) is 8.35. The molecule has 0 aliphatic carbocycles. The molecule has 5 nitrogen and oxygen atoms in total. The summed E-state index contributed by atoms with van der Waals surface area (Å²) in [6, 6.07) is 3.79. The number of fused-ring (bicyclic) bond motifs is 1. The Morgan fingerprint density at radius 3 is 3.12 bits per heavy atom. The Hall–Kier alpha value is -1.95. The Bertz CT molecular complexity index is 696. The smallest absolute Gasteiger partial charge is 0.265 e. The Morgan fingerprint density at radius 2 is 2.38 bits per heavy atom. The summed E-state index contributed by atoms with van der Waals surface area (Å²) in [5, 5.41) is 6.23. The van der Waals surface area contributed by atoms with Gasteiger partial charge >= 0.3 is 0 Å². The maximum absolute atomic E-state index is 11.8. The maximum atomic E-state index is 11.8. The number of aryl methyl sites for hydroxylation is 1. The van der Waals surface area contributed by atoms with Crippen LogP contribution in [0.5, 0.6) is 0 Å². The van der Waals surface area contributed by atoms with Crippen molar-refractivity contribution in [2.75, 3.05) is 0 Å². The highest BCUT2D eigenvalue weighted by atomic mass is 32.1. The summed E-state index contributed by atoms with van der Waals surface area (Å²) in [6.45, 7) is 1.70. The Morgan fingerprint density at radius 1 is 1.50 bits per heavy atom. The maximum Gasteiger partial charge on any atom is 0.265 e. The van der Waals surface area contributed by atoms with Crippen molar-refractivity contribution in [3.63, 3.8) is 0 Å². The van der Waals surface area contributed by atoms with Crippen molar-refractivity contribution in [1.82, 2.24) is 15.1 Å². The van der Waals surface area contributed by atoms with Crippen molar-refractivity contribution in [2.45, 2.75) is 6.92 Å². The molecule has 6 heteroatoms. The van der Waals surface area contributed by atoms with Gasteiger partial charge in [-0.3, -0.25) is 4.79 Å². The van der Waals surface area contributed by atoms with Crippen LogP contribution in [-0.2, 0) is 0 Å². The van der Waals surface area contributed by atoms with Crippen LogP contribution >= 0.6 is 11.3 Å². The van der Waals surface area contributed by atoms with Gasteiger partial charge in [0.1, 0.15) is 16.9 Å². The fourth-order valence-electron chi connectivity index (χ4n) is 1.55. The van der Waals surface area contributed by atoms with Crippen LogP contribution in [0.2, 0.25) is 0 Å². The second-order valence-corrected chi connectivity index (χ2v) is 4.29. The van der Waals surface area contributed by atoms with E-state index in [1.807, 2.05) is 17.5 Å². The van der Waals surface area contributed by atoms with Crippen LogP contribution in [0.1, 0.15) is 5.82 Å². The zero-order chi connectivity index (χ0) is 11.1. The van der Waals surface area contributed by atoms with Crippen molar-refractivity contribution in [3.05, 3.63) is 33.7 Å². The molecule has 1 N–H and O–H groups in total. The molecule has 0 spiro atoms. The van der Waals surface area contributed by atoms with Crippen LogP contribution in [0, 0.1) is 6.92 Å². The molecule has 0 aliphatic rings.